The van der Waals surface area contributed by atoms with E-state index in [1.54, 1.807) is 7.11 Å². The van der Waals surface area contributed by atoms with Crippen molar-refractivity contribution in [1.82, 2.24) is 5.32 Å². The summed E-state index contributed by atoms with van der Waals surface area (Å²) in [6.45, 7) is 9.28. The van der Waals surface area contributed by atoms with Gasteiger partial charge in [-0.1, -0.05) is 19.9 Å². The number of ether oxygens (including phenoxy) is 2. The van der Waals surface area contributed by atoms with Crippen LogP contribution in [0.1, 0.15) is 46.1 Å². The van der Waals surface area contributed by atoms with Gasteiger partial charge in [0, 0.05) is 13.1 Å². The minimum Gasteiger partial charge on any atom is -0.493 e. The van der Waals surface area contributed by atoms with Crippen LogP contribution in [0.4, 0.5) is 0 Å². The van der Waals surface area contributed by atoms with Crippen molar-refractivity contribution >= 4 is 0 Å². The second-order valence-electron chi connectivity index (χ2n) is 5.69. The van der Waals surface area contributed by atoms with Crippen LogP contribution in [-0.2, 0) is 6.54 Å². The lowest BCUT2D eigenvalue weighted by Gasteiger charge is -2.25. The zero-order valence-electron chi connectivity index (χ0n) is 13.9. The normalized spacial score (nSPS) is 11.8. The molecule has 0 atom stereocenters. The molecule has 4 nitrogen and oxygen atoms in total. The minimum atomic E-state index is -0.620. The van der Waals surface area contributed by atoms with E-state index in [0.29, 0.717) is 13.1 Å². The van der Waals surface area contributed by atoms with Gasteiger partial charge in [-0.15, -0.1) is 0 Å². The van der Waals surface area contributed by atoms with Crippen LogP contribution in [0.2, 0.25) is 0 Å². The van der Waals surface area contributed by atoms with E-state index in [1.807, 2.05) is 45.9 Å². The highest BCUT2D eigenvalue weighted by Crippen LogP contribution is 2.29. The molecule has 2 N–H and O–H groups in total. The van der Waals surface area contributed by atoms with Crippen LogP contribution in [0.3, 0.4) is 0 Å². The highest BCUT2D eigenvalue weighted by Gasteiger charge is 2.21. The molecule has 21 heavy (non-hydrogen) atoms. The van der Waals surface area contributed by atoms with Crippen molar-refractivity contribution in [2.45, 2.75) is 58.8 Å². The summed E-state index contributed by atoms with van der Waals surface area (Å²) in [7, 11) is 1.65. The number of rotatable bonds is 9. The predicted octanol–water partition coefficient (Wildman–Crippen LogP) is 3.12. The summed E-state index contributed by atoms with van der Waals surface area (Å²) in [5, 5.41) is 13.6. The van der Waals surface area contributed by atoms with Crippen molar-refractivity contribution in [2.75, 3.05) is 13.7 Å². The maximum Gasteiger partial charge on any atom is 0.161 e. The molecule has 0 saturated heterocycles. The van der Waals surface area contributed by atoms with Gasteiger partial charge in [0.15, 0.2) is 11.5 Å². The summed E-state index contributed by atoms with van der Waals surface area (Å²) in [5.41, 5.74) is 0.489. The van der Waals surface area contributed by atoms with Crippen molar-refractivity contribution in [3.8, 4) is 11.5 Å². The smallest absolute Gasteiger partial charge is 0.161 e. The zero-order valence-corrected chi connectivity index (χ0v) is 13.9. The Bertz CT molecular complexity index is 428. The van der Waals surface area contributed by atoms with E-state index in [2.05, 4.69) is 5.32 Å². The second-order valence-corrected chi connectivity index (χ2v) is 5.69. The molecule has 120 valence electrons. The maximum atomic E-state index is 10.2. The Balaban J connectivity index is 2.64. The minimum absolute atomic E-state index is 0.118. The van der Waals surface area contributed by atoms with Crippen LogP contribution in [0.5, 0.6) is 11.5 Å². The van der Waals surface area contributed by atoms with Crippen LogP contribution in [0.25, 0.3) is 0 Å². The molecule has 0 aliphatic heterocycles. The third-order valence-corrected chi connectivity index (χ3v) is 3.69. The van der Waals surface area contributed by atoms with E-state index >= 15 is 0 Å². The maximum absolute atomic E-state index is 10.2. The van der Waals surface area contributed by atoms with Crippen LogP contribution >= 0.6 is 0 Å². The Kier molecular flexibility index (Phi) is 6.99. The van der Waals surface area contributed by atoms with Crippen molar-refractivity contribution in [2.24, 2.45) is 0 Å². The van der Waals surface area contributed by atoms with Gasteiger partial charge < -0.3 is 19.9 Å². The van der Waals surface area contributed by atoms with Gasteiger partial charge in [-0.3, -0.25) is 0 Å². The molecule has 0 saturated carbocycles. The molecule has 0 aliphatic carbocycles. The Hall–Kier alpha value is -1.26. The largest absolute Gasteiger partial charge is 0.493 e. The van der Waals surface area contributed by atoms with Gasteiger partial charge in [0.05, 0.1) is 18.8 Å². The Morgan fingerprint density at radius 3 is 2.38 bits per heavy atom. The summed E-state index contributed by atoms with van der Waals surface area (Å²) in [6, 6.07) is 5.92. The third kappa shape index (κ3) is 5.56. The molecular formula is C17H29NO3. The molecule has 0 radical (unpaired) electrons. The first kappa shape index (κ1) is 17.8. The second kappa shape index (κ2) is 8.25. The van der Waals surface area contributed by atoms with Crippen LogP contribution < -0.4 is 14.8 Å². The average Bonchev–Trinajstić information content (AvgIpc) is 2.47. The van der Waals surface area contributed by atoms with E-state index in [-0.39, 0.29) is 6.10 Å². The molecule has 4 heteroatoms. The lowest BCUT2D eigenvalue weighted by molar-refractivity contribution is 0.0323. The SMILES string of the molecule is CCC(O)(CC)CNCc1ccc(OC(C)C)c(OC)c1. The fourth-order valence-corrected chi connectivity index (χ4v) is 2.11. The molecule has 0 fully saturated rings. The van der Waals surface area contributed by atoms with Gasteiger partial charge in [-0.25, -0.2) is 0 Å². The van der Waals surface area contributed by atoms with Crippen molar-refractivity contribution in [1.29, 1.82) is 0 Å². The third-order valence-electron chi connectivity index (χ3n) is 3.69. The number of nitrogens with one attached hydrogen (secondary N) is 1. The molecule has 0 bridgehead atoms. The number of methoxy groups -OCH3 is 1. The van der Waals surface area contributed by atoms with Crippen molar-refractivity contribution < 1.29 is 14.6 Å². The molecule has 1 rings (SSSR count). The number of benzene rings is 1. The molecule has 0 heterocycles. The molecule has 1 aromatic rings. The summed E-state index contributed by atoms with van der Waals surface area (Å²) in [5.74, 6) is 1.50. The molecule has 0 aromatic heterocycles. The van der Waals surface area contributed by atoms with Gasteiger partial charge in [0.2, 0.25) is 0 Å². The van der Waals surface area contributed by atoms with E-state index in [1.165, 1.54) is 0 Å². The monoisotopic (exact) mass is 295 g/mol. The lowest BCUT2D eigenvalue weighted by Crippen LogP contribution is -2.39. The van der Waals surface area contributed by atoms with Gasteiger partial charge in [0.1, 0.15) is 0 Å². The topological polar surface area (TPSA) is 50.7 Å². The van der Waals surface area contributed by atoms with Gasteiger partial charge in [-0.05, 0) is 44.4 Å². The quantitative estimate of drug-likeness (QED) is 0.735. The molecule has 0 amide bonds. The summed E-state index contributed by atoms with van der Waals surface area (Å²) in [6.07, 6.45) is 1.62. The summed E-state index contributed by atoms with van der Waals surface area (Å²) >= 11 is 0. The highest BCUT2D eigenvalue weighted by molar-refractivity contribution is 5.43. The zero-order chi connectivity index (χ0) is 15.9. The van der Waals surface area contributed by atoms with Gasteiger partial charge in [-0.2, -0.15) is 0 Å². The molecule has 0 unspecified atom stereocenters. The predicted molar refractivity (Wildman–Crippen MR) is 86.0 cm³/mol. The molecule has 0 spiro atoms. The van der Waals surface area contributed by atoms with Gasteiger partial charge in [0.25, 0.3) is 0 Å². The molecule has 0 aliphatic rings. The van der Waals surface area contributed by atoms with Crippen molar-refractivity contribution in [3.63, 3.8) is 0 Å². The fraction of sp³-hybridized carbons (Fsp3) is 0.647. The molecule has 1 aromatic carbocycles. The van der Waals surface area contributed by atoms with Crippen LogP contribution in [0, 0.1) is 0 Å². The van der Waals surface area contributed by atoms with Gasteiger partial charge >= 0.3 is 0 Å². The Labute approximate surface area is 128 Å². The highest BCUT2D eigenvalue weighted by atomic mass is 16.5. The van der Waals surface area contributed by atoms with E-state index < -0.39 is 5.60 Å². The van der Waals surface area contributed by atoms with Crippen LogP contribution in [-0.4, -0.2) is 30.5 Å². The first-order valence-corrected chi connectivity index (χ1v) is 7.70. The Morgan fingerprint density at radius 1 is 1.19 bits per heavy atom. The number of aliphatic hydroxyl groups is 1. The fourth-order valence-electron chi connectivity index (χ4n) is 2.11. The first-order valence-electron chi connectivity index (χ1n) is 7.70. The van der Waals surface area contributed by atoms with E-state index in [9.17, 15) is 5.11 Å². The first-order chi connectivity index (χ1) is 9.94. The van der Waals surface area contributed by atoms with Crippen LogP contribution in [0.15, 0.2) is 18.2 Å². The average molecular weight is 295 g/mol. The summed E-state index contributed by atoms with van der Waals surface area (Å²) < 4.78 is 11.1. The number of hydrogen-bond acceptors (Lipinski definition) is 4. The lowest BCUT2D eigenvalue weighted by atomic mass is 9.97. The van der Waals surface area contributed by atoms with E-state index in [0.717, 1.165) is 29.9 Å². The summed E-state index contributed by atoms with van der Waals surface area (Å²) in [4.78, 5) is 0. The molecular weight excluding hydrogens is 266 g/mol. The van der Waals surface area contributed by atoms with E-state index in [4.69, 9.17) is 9.47 Å². The number of hydrogen-bond donors (Lipinski definition) is 2. The Morgan fingerprint density at radius 2 is 1.86 bits per heavy atom. The standard InChI is InChI=1S/C17H29NO3/c1-6-17(19,7-2)12-18-11-14-8-9-15(21-13(3)4)16(10-14)20-5/h8-10,13,18-19H,6-7,11-12H2,1-5H3. The van der Waals surface area contributed by atoms with Crippen molar-refractivity contribution in [3.05, 3.63) is 23.8 Å².